The van der Waals surface area contributed by atoms with Crippen LogP contribution in [-0.4, -0.2) is 20.1 Å². The van der Waals surface area contributed by atoms with Crippen LogP contribution in [0.25, 0.3) is 0 Å². The molecule has 1 aromatic carbocycles. The zero-order valence-electron chi connectivity index (χ0n) is 14.7. The van der Waals surface area contributed by atoms with E-state index in [1.165, 1.54) is 11.6 Å². The molecule has 1 fully saturated rings. The Bertz CT molecular complexity index is 540. The van der Waals surface area contributed by atoms with Crippen molar-refractivity contribution in [3.05, 3.63) is 42.1 Å². The molecule has 0 bridgehead atoms. The number of hydrogen-bond donors (Lipinski definition) is 0. The summed E-state index contributed by atoms with van der Waals surface area (Å²) in [6, 6.07) is 7.62. The van der Waals surface area contributed by atoms with Crippen LogP contribution < -0.4 is 5.19 Å². The first kappa shape index (κ1) is 18.0. The van der Waals surface area contributed by atoms with Gasteiger partial charge < -0.3 is 0 Å². The van der Waals surface area contributed by atoms with Gasteiger partial charge in [-0.2, -0.15) is 4.89 Å². The van der Waals surface area contributed by atoms with Crippen molar-refractivity contribution in [2.24, 2.45) is 11.8 Å². The molecule has 0 spiro atoms. The van der Waals surface area contributed by atoms with Gasteiger partial charge in [0, 0.05) is 0 Å². The monoisotopic (exact) mass is 332 g/mol. The highest BCUT2D eigenvalue weighted by Gasteiger charge is 2.30. The summed E-state index contributed by atoms with van der Waals surface area (Å²) in [4.78, 5) is 22.8. The van der Waals surface area contributed by atoms with Gasteiger partial charge in [-0.3, -0.25) is 4.89 Å². The Morgan fingerprint density at radius 2 is 1.74 bits per heavy atom. The highest BCUT2D eigenvalue weighted by molar-refractivity contribution is 6.93. The molecule has 1 aliphatic rings. The van der Waals surface area contributed by atoms with Gasteiger partial charge in [0.1, 0.15) is 14.2 Å². The van der Waals surface area contributed by atoms with Gasteiger partial charge >= 0.3 is 5.97 Å². The number of hydrogen-bond acceptors (Lipinski definition) is 3. The maximum absolute atomic E-state index is 12.2. The zero-order valence-corrected chi connectivity index (χ0v) is 15.7. The van der Waals surface area contributed by atoms with Crippen molar-refractivity contribution in [3.63, 3.8) is 0 Å². The predicted molar refractivity (Wildman–Crippen MR) is 96.2 cm³/mol. The normalized spacial score (nSPS) is 25.0. The zero-order chi connectivity index (χ0) is 17.0. The van der Waals surface area contributed by atoms with Gasteiger partial charge in [-0.25, -0.2) is 4.79 Å². The van der Waals surface area contributed by atoms with Crippen LogP contribution in [0.1, 0.15) is 43.5 Å². The SMILES string of the molecule is C=C[Si](C)(C)c1ccc(C(=O)OOC2C(C)CCCC2C)cc1. The van der Waals surface area contributed by atoms with Gasteiger partial charge in [0.05, 0.1) is 5.56 Å². The lowest BCUT2D eigenvalue weighted by atomic mass is 9.81. The number of benzene rings is 1. The largest absolute Gasteiger partial charge is 0.373 e. The molecule has 0 radical (unpaired) electrons. The molecule has 2 atom stereocenters. The second kappa shape index (κ2) is 7.45. The van der Waals surface area contributed by atoms with E-state index in [1.807, 2.05) is 30.0 Å². The average molecular weight is 333 g/mol. The summed E-state index contributed by atoms with van der Waals surface area (Å²) in [5.41, 5.74) is 2.56. The first-order valence-electron chi connectivity index (χ1n) is 8.47. The molecule has 4 heteroatoms. The minimum Gasteiger partial charge on any atom is -0.293 e. The highest BCUT2D eigenvalue weighted by Crippen LogP contribution is 2.31. The molecule has 0 aliphatic heterocycles. The summed E-state index contributed by atoms with van der Waals surface area (Å²) in [7, 11) is -1.59. The van der Waals surface area contributed by atoms with Crippen LogP contribution in [0.3, 0.4) is 0 Å². The molecule has 2 unspecified atom stereocenters. The summed E-state index contributed by atoms with van der Waals surface area (Å²) in [5.74, 6) is 0.432. The highest BCUT2D eigenvalue weighted by atomic mass is 28.3. The lowest BCUT2D eigenvalue weighted by Gasteiger charge is -2.32. The van der Waals surface area contributed by atoms with Gasteiger partial charge in [0.25, 0.3) is 0 Å². The van der Waals surface area contributed by atoms with Crippen molar-refractivity contribution in [1.29, 1.82) is 0 Å². The molecule has 0 N–H and O–H groups in total. The van der Waals surface area contributed by atoms with Gasteiger partial charge in [0.2, 0.25) is 0 Å². The van der Waals surface area contributed by atoms with Gasteiger partial charge in [0.15, 0.2) is 0 Å². The fourth-order valence-corrected chi connectivity index (χ4v) is 4.40. The predicted octanol–water partition coefficient (Wildman–Crippen LogP) is 4.24. The molecule has 0 heterocycles. The minimum atomic E-state index is -1.59. The molecule has 1 aliphatic carbocycles. The molecular formula is C19H28O3Si. The summed E-state index contributed by atoms with van der Waals surface area (Å²) in [6.45, 7) is 12.7. The smallest absolute Gasteiger partial charge is 0.293 e. The quantitative estimate of drug-likeness (QED) is 0.459. The number of rotatable bonds is 5. The van der Waals surface area contributed by atoms with E-state index in [2.05, 4.69) is 33.5 Å². The van der Waals surface area contributed by atoms with Crippen LogP contribution in [-0.2, 0) is 9.78 Å². The van der Waals surface area contributed by atoms with Crippen LogP contribution in [0.2, 0.25) is 13.1 Å². The Morgan fingerprint density at radius 1 is 1.17 bits per heavy atom. The molecule has 2 rings (SSSR count). The fraction of sp³-hybridized carbons (Fsp3) is 0.526. The van der Waals surface area contributed by atoms with E-state index in [0.717, 1.165) is 12.8 Å². The van der Waals surface area contributed by atoms with Crippen molar-refractivity contribution in [1.82, 2.24) is 0 Å². The molecule has 1 aromatic rings. The summed E-state index contributed by atoms with van der Waals surface area (Å²) >= 11 is 0. The Labute approximate surface area is 140 Å². The second-order valence-corrected chi connectivity index (χ2v) is 11.7. The Morgan fingerprint density at radius 3 is 2.26 bits per heavy atom. The van der Waals surface area contributed by atoms with Crippen LogP contribution in [0.5, 0.6) is 0 Å². The second-order valence-electron chi connectivity index (χ2n) is 7.32. The fourth-order valence-electron chi connectivity index (χ4n) is 3.14. The van der Waals surface area contributed by atoms with Crippen LogP contribution in [0, 0.1) is 11.8 Å². The molecule has 126 valence electrons. The van der Waals surface area contributed by atoms with Gasteiger partial charge in [-0.15, -0.1) is 6.58 Å². The molecule has 1 saturated carbocycles. The maximum atomic E-state index is 12.2. The topological polar surface area (TPSA) is 35.5 Å². The van der Waals surface area contributed by atoms with E-state index in [0.29, 0.717) is 17.4 Å². The van der Waals surface area contributed by atoms with Crippen molar-refractivity contribution < 1.29 is 14.6 Å². The average Bonchev–Trinajstić information content (AvgIpc) is 2.54. The Balaban J connectivity index is 1.97. The summed E-state index contributed by atoms with van der Waals surface area (Å²) in [5, 5.41) is 1.25. The number of carbonyl (C=O) groups excluding carboxylic acids is 1. The first-order valence-corrected chi connectivity index (χ1v) is 11.5. The third-order valence-electron chi connectivity index (χ3n) is 5.05. The van der Waals surface area contributed by atoms with Crippen LogP contribution in [0.4, 0.5) is 0 Å². The van der Waals surface area contributed by atoms with E-state index >= 15 is 0 Å². The summed E-state index contributed by atoms with van der Waals surface area (Å²) in [6.07, 6.45) is 3.48. The van der Waals surface area contributed by atoms with Crippen molar-refractivity contribution in [2.45, 2.75) is 52.3 Å². The van der Waals surface area contributed by atoms with Crippen molar-refractivity contribution >= 4 is 19.2 Å². The van der Waals surface area contributed by atoms with E-state index < -0.39 is 14.0 Å². The third kappa shape index (κ3) is 4.33. The lowest BCUT2D eigenvalue weighted by Crippen LogP contribution is -2.39. The molecule has 0 amide bonds. The Kier molecular flexibility index (Phi) is 5.82. The molecule has 23 heavy (non-hydrogen) atoms. The lowest BCUT2D eigenvalue weighted by molar-refractivity contribution is -0.299. The van der Waals surface area contributed by atoms with E-state index in [9.17, 15) is 4.79 Å². The van der Waals surface area contributed by atoms with Gasteiger partial charge in [-0.1, -0.05) is 56.4 Å². The first-order chi connectivity index (χ1) is 10.8. The van der Waals surface area contributed by atoms with Crippen molar-refractivity contribution in [2.75, 3.05) is 0 Å². The minimum absolute atomic E-state index is 0.000852. The molecule has 3 nitrogen and oxygen atoms in total. The Hall–Kier alpha value is -1.39. The molecule has 0 aromatic heterocycles. The third-order valence-corrected chi connectivity index (χ3v) is 7.89. The van der Waals surface area contributed by atoms with E-state index in [1.54, 1.807) is 0 Å². The van der Waals surface area contributed by atoms with Crippen LogP contribution >= 0.6 is 0 Å². The molecule has 0 saturated heterocycles. The summed E-state index contributed by atoms with van der Waals surface area (Å²) < 4.78 is 0. The standard InChI is InChI=1S/C19H28O3Si/c1-6-23(4,5)17-12-10-16(11-13-17)19(20)22-21-18-14(2)8-7-9-15(18)3/h6,10-15,18H,1,7-9H2,2-5H3. The maximum Gasteiger partial charge on any atom is 0.373 e. The van der Waals surface area contributed by atoms with E-state index in [-0.39, 0.29) is 6.10 Å². The van der Waals surface area contributed by atoms with Gasteiger partial charge in [-0.05, 0) is 36.8 Å². The van der Waals surface area contributed by atoms with E-state index in [4.69, 9.17) is 9.78 Å². The van der Waals surface area contributed by atoms with Crippen molar-refractivity contribution in [3.8, 4) is 0 Å². The number of carbonyl (C=O) groups is 1. The molecular weight excluding hydrogens is 304 g/mol. The van der Waals surface area contributed by atoms with Crippen LogP contribution in [0.15, 0.2) is 36.5 Å².